The molecule has 1 aromatic carbocycles. The molecular weight excluding hydrogens is 250 g/mol. The van der Waals surface area contributed by atoms with Crippen LogP contribution in [-0.4, -0.2) is 17.3 Å². The number of hydrogen-bond donors (Lipinski definition) is 0. The number of para-hydroxylation sites is 1. The van der Waals surface area contributed by atoms with Crippen LogP contribution in [0.5, 0.6) is 0 Å². The number of benzene rings is 1. The lowest BCUT2D eigenvalue weighted by Gasteiger charge is -2.03. The van der Waals surface area contributed by atoms with Crippen molar-refractivity contribution in [1.82, 2.24) is 4.57 Å². The molecule has 0 bridgehead atoms. The zero-order valence-corrected chi connectivity index (χ0v) is 9.97. The molecule has 0 amide bonds. The van der Waals surface area contributed by atoms with E-state index in [1.165, 1.54) is 0 Å². The molecule has 4 nitrogen and oxygen atoms in total. The Bertz CT molecular complexity index is 602. The Kier molecular flexibility index (Phi) is 2.98. The first-order valence-electron chi connectivity index (χ1n) is 4.62. The molecule has 0 aliphatic rings. The average Bonchev–Trinajstić information content (AvgIpc) is 2.56. The van der Waals surface area contributed by atoms with Gasteiger partial charge in [0.05, 0.1) is 21.8 Å². The number of hydrogen-bond acceptors (Lipinski definition) is 4. The zero-order chi connectivity index (χ0) is 11.7. The van der Waals surface area contributed by atoms with E-state index < -0.39 is 6.09 Å². The summed E-state index contributed by atoms with van der Waals surface area (Å²) in [5.74, 6) is 0. The number of carbonyl (C=O) groups excluding carboxylic acids is 1. The third kappa shape index (κ3) is 1.72. The molecule has 2 rings (SSSR count). The smallest absolute Gasteiger partial charge is 0.422 e. The minimum atomic E-state index is -0.688. The number of thiazole rings is 1. The largest absolute Gasteiger partial charge is 0.449 e. The van der Waals surface area contributed by atoms with Crippen LogP contribution in [0.1, 0.15) is 6.92 Å². The van der Waals surface area contributed by atoms with Crippen molar-refractivity contribution in [3.05, 3.63) is 32.9 Å². The molecular formula is C10H8ClNO3S. The number of ether oxygens (including phenoxy) is 1. The highest BCUT2D eigenvalue weighted by Gasteiger charge is 2.17. The highest BCUT2D eigenvalue weighted by molar-refractivity contribution is 7.16. The fourth-order valence-corrected chi connectivity index (χ4v) is 2.58. The van der Waals surface area contributed by atoms with Gasteiger partial charge in [0.2, 0.25) is 0 Å². The van der Waals surface area contributed by atoms with Crippen LogP contribution in [0.15, 0.2) is 23.0 Å². The lowest BCUT2D eigenvalue weighted by Crippen LogP contribution is -2.23. The van der Waals surface area contributed by atoms with Crippen LogP contribution in [0.4, 0.5) is 4.79 Å². The second-order valence-corrected chi connectivity index (χ2v) is 4.39. The van der Waals surface area contributed by atoms with Crippen LogP contribution < -0.4 is 4.87 Å². The minimum Gasteiger partial charge on any atom is -0.449 e. The van der Waals surface area contributed by atoms with Gasteiger partial charge in [-0.2, -0.15) is 4.57 Å². The average molecular weight is 258 g/mol. The lowest BCUT2D eigenvalue weighted by atomic mass is 10.3. The van der Waals surface area contributed by atoms with Gasteiger partial charge in [0, 0.05) is 0 Å². The van der Waals surface area contributed by atoms with E-state index in [2.05, 4.69) is 0 Å². The van der Waals surface area contributed by atoms with Gasteiger partial charge in [-0.1, -0.05) is 29.0 Å². The molecule has 1 aromatic heterocycles. The summed E-state index contributed by atoms with van der Waals surface area (Å²) < 4.78 is 6.44. The van der Waals surface area contributed by atoms with Crippen molar-refractivity contribution in [3.63, 3.8) is 0 Å². The number of carbonyl (C=O) groups is 1. The van der Waals surface area contributed by atoms with E-state index in [1.54, 1.807) is 25.1 Å². The fraction of sp³-hybridized carbons (Fsp3) is 0.200. The molecule has 0 atom stereocenters. The number of aromatic nitrogens is 1. The Morgan fingerprint density at radius 1 is 1.56 bits per heavy atom. The molecule has 0 aliphatic heterocycles. The fourth-order valence-electron chi connectivity index (χ4n) is 1.38. The zero-order valence-electron chi connectivity index (χ0n) is 8.40. The summed E-state index contributed by atoms with van der Waals surface area (Å²) in [7, 11) is 0. The molecule has 0 aliphatic carbocycles. The summed E-state index contributed by atoms with van der Waals surface area (Å²) in [5, 5.41) is 0.365. The number of halogens is 1. The van der Waals surface area contributed by atoms with Crippen LogP contribution in [0.2, 0.25) is 5.02 Å². The maximum absolute atomic E-state index is 11.6. The van der Waals surface area contributed by atoms with E-state index in [1.807, 2.05) is 0 Å². The molecule has 0 N–H and O–H groups in total. The molecule has 0 radical (unpaired) electrons. The highest BCUT2D eigenvalue weighted by atomic mass is 35.5. The summed E-state index contributed by atoms with van der Waals surface area (Å²) in [6.07, 6.45) is -0.688. The maximum atomic E-state index is 11.6. The quantitative estimate of drug-likeness (QED) is 0.789. The van der Waals surface area contributed by atoms with Gasteiger partial charge >= 0.3 is 11.0 Å². The summed E-state index contributed by atoms with van der Waals surface area (Å²) >= 11 is 6.93. The number of nitrogens with zero attached hydrogens (tertiary/aromatic N) is 1. The Morgan fingerprint density at radius 3 is 3.00 bits per heavy atom. The van der Waals surface area contributed by atoms with Gasteiger partial charge in [-0.05, 0) is 19.1 Å². The minimum absolute atomic E-state index is 0.215. The molecule has 0 spiro atoms. The van der Waals surface area contributed by atoms with Crippen molar-refractivity contribution < 1.29 is 9.53 Å². The molecule has 84 valence electrons. The highest BCUT2D eigenvalue weighted by Crippen LogP contribution is 2.25. The maximum Gasteiger partial charge on any atom is 0.422 e. The molecule has 1 heterocycles. The number of fused-ring (bicyclic) bond motifs is 1. The molecule has 16 heavy (non-hydrogen) atoms. The molecule has 2 aromatic rings. The van der Waals surface area contributed by atoms with Crippen LogP contribution in [0, 0.1) is 0 Å². The lowest BCUT2D eigenvalue weighted by molar-refractivity contribution is 0.154. The predicted molar refractivity (Wildman–Crippen MR) is 63.5 cm³/mol. The first kappa shape index (κ1) is 11.2. The van der Waals surface area contributed by atoms with E-state index in [0.717, 1.165) is 15.9 Å². The second kappa shape index (κ2) is 4.27. The van der Waals surface area contributed by atoms with Crippen molar-refractivity contribution in [1.29, 1.82) is 0 Å². The van der Waals surface area contributed by atoms with E-state index in [0.29, 0.717) is 15.2 Å². The van der Waals surface area contributed by atoms with Gasteiger partial charge in [0.25, 0.3) is 0 Å². The van der Waals surface area contributed by atoms with Gasteiger partial charge in [-0.15, -0.1) is 0 Å². The van der Waals surface area contributed by atoms with Crippen molar-refractivity contribution in [2.45, 2.75) is 6.92 Å². The summed E-state index contributed by atoms with van der Waals surface area (Å²) in [6.45, 7) is 1.90. The summed E-state index contributed by atoms with van der Waals surface area (Å²) in [5.41, 5.74) is 0.414. The third-order valence-corrected chi connectivity index (χ3v) is 3.22. The van der Waals surface area contributed by atoms with Crippen molar-refractivity contribution in [2.24, 2.45) is 0 Å². The van der Waals surface area contributed by atoms with E-state index >= 15 is 0 Å². The molecule has 0 unspecified atom stereocenters. The third-order valence-electron chi connectivity index (χ3n) is 2.00. The van der Waals surface area contributed by atoms with E-state index in [4.69, 9.17) is 16.3 Å². The topological polar surface area (TPSA) is 48.3 Å². The SMILES string of the molecule is CCOC(=O)n1c(=O)sc2cccc(Cl)c21. The molecule has 0 saturated carbocycles. The Hall–Kier alpha value is -1.33. The van der Waals surface area contributed by atoms with Crippen molar-refractivity contribution in [3.8, 4) is 0 Å². The first-order chi connectivity index (χ1) is 7.65. The normalized spacial score (nSPS) is 10.6. The van der Waals surface area contributed by atoms with E-state index in [-0.39, 0.29) is 11.5 Å². The van der Waals surface area contributed by atoms with Crippen molar-refractivity contribution >= 4 is 39.2 Å². The monoisotopic (exact) mass is 257 g/mol. The summed E-state index contributed by atoms with van der Waals surface area (Å²) in [4.78, 5) is 22.8. The standard InChI is InChI=1S/C10H8ClNO3S/c1-2-15-9(13)12-8-6(11)4-3-5-7(8)16-10(12)14/h3-5H,2H2,1H3. The van der Waals surface area contributed by atoms with Crippen LogP contribution >= 0.6 is 22.9 Å². The molecule has 0 saturated heterocycles. The van der Waals surface area contributed by atoms with Gasteiger partial charge < -0.3 is 4.74 Å². The van der Waals surface area contributed by atoms with Crippen LogP contribution in [-0.2, 0) is 4.74 Å². The Morgan fingerprint density at radius 2 is 2.31 bits per heavy atom. The Balaban J connectivity index is 2.73. The van der Waals surface area contributed by atoms with Gasteiger partial charge in [-0.25, -0.2) is 4.79 Å². The van der Waals surface area contributed by atoms with Gasteiger partial charge in [0.15, 0.2) is 0 Å². The predicted octanol–water partition coefficient (Wildman–Crippen LogP) is 2.72. The van der Waals surface area contributed by atoms with E-state index in [9.17, 15) is 9.59 Å². The van der Waals surface area contributed by atoms with Gasteiger partial charge in [-0.3, -0.25) is 4.79 Å². The summed E-state index contributed by atoms with van der Waals surface area (Å²) in [6, 6.07) is 5.10. The molecule has 0 fully saturated rings. The second-order valence-electron chi connectivity index (χ2n) is 2.99. The molecule has 6 heteroatoms. The van der Waals surface area contributed by atoms with Crippen LogP contribution in [0.25, 0.3) is 10.2 Å². The van der Waals surface area contributed by atoms with Crippen LogP contribution in [0.3, 0.4) is 0 Å². The first-order valence-corrected chi connectivity index (χ1v) is 5.81. The number of rotatable bonds is 1. The van der Waals surface area contributed by atoms with Crippen molar-refractivity contribution in [2.75, 3.05) is 6.61 Å². The van der Waals surface area contributed by atoms with Gasteiger partial charge in [0.1, 0.15) is 0 Å². The Labute approximate surface area is 100 Å².